The minimum Gasteiger partial charge on any atom is -0.370 e. The Bertz CT molecular complexity index is 1430. The molecule has 158 valence electrons. The number of aromatic nitrogens is 2. The Morgan fingerprint density at radius 1 is 0.531 bits per heavy atom. The van der Waals surface area contributed by atoms with E-state index in [2.05, 4.69) is 68.6 Å². The molecular formula is C26H22N4S2. The van der Waals surface area contributed by atoms with Crippen molar-refractivity contribution in [2.45, 2.75) is 12.8 Å². The van der Waals surface area contributed by atoms with Gasteiger partial charge in [-0.15, -0.1) is 0 Å². The van der Waals surface area contributed by atoms with Crippen LogP contribution in [0, 0.1) is 0 Å². The average molecular weight is 455 g/mol. The van der Waals surface area contributed by atoms with Gasteiger partial charge >= 0.3 is 0 Å². The first-order valence-electron chi connectivity index (χ1n) is 10.9. The lowest BCUT2D eigenvalue weighted by Gasteiger charge is -2.11. The fourth-order valence-electron chi connectivity index (χ4n) is 4.27. The van der Waals surface area contributed by atoms with E-state index >= 15 is 0 Å². The lowest BCUT2D eigenvalue weighted by molar-refractivity contribution is 0.793. The van der Waals surface area contributed by atoms with Crippen molar-refractivity contribution in [1.82, 2.24) is 9.97 Å². The molecule has 0 saturated carbocycles. The molecule has 0 amide bonds. The fourth-order valence-corrected chi connectivity index (χ4v) is 5.94. The van der Waals surface area contributed by atoms with E-state index in [1.54, 1.807) is 22.7 Å². The van der Waals surface area contributed by atoms with Crippen LogP contribution >= 0.6 is 22.7 Å². The Hall–Kier alpha value is -3.22. The number of para-hydroxylation sites is 2. The Labute approximate surface area is 193 Å². The van der Waals surface area contributed by atoms with Crippen LogP contribution in [0.15, 0.2) is 70.1 Å². The van der Waals surface area contributed by atoms with Gasteiger partial charge in [-0.2, -0.15) is 22.7 Å². The van der Waals surface area contributed by atoms with Crippen molar-refractivity contribution >= 4 is 77.7 Å². The minimum atomic E-state index is 0.900. The topological polar surface area (TPSA) is 49.8 Å². The van der Waals surface area contributed by atoms with Crippen LogP contribution in [0.3, 0.4) is 0 Å². The smallest absolute Gasteiger partial charge is 0.135 e. The van der Waals surface area contributed by atoms with Gasteiger partial charge in [-0.05, 0) is 35.7 Å². The van der Waals surface area contributed by atoms with Gasteiger partial charge in [-0.25, -0.2) is 9.97 Å². The predicted molar refractivity (Wildman–Crippen MR) is 140 cm³/mol. The van der Waals surface area contributed by atoms with Gasteiger partial charge in [0.2, 0.25) is 0 Å². The number of thiophene rings is 2. The highest BCUT2D eigenvalue weighted by Crippen LogP contribution is 2.33. The van der Waals surface area contributed by atoms with Gasteiger partial charge in [-0.3, -0.25) is 0 Å². The lowest BCUT2D eigenvalue weighted by atomic mass is 10.1. The van der Waals surface area contributed by atoms with Crippen molar-refractivity contribution in [2.75, 3.05) is 23.7 Å². The van der Waals surface area contributed by atoms with Crippen molar-refractivity contribution in [1.29, 1.82) is 0 Å². The highest BCUT2D eigenvalue weighted by Gasteiger charge is 2.10. The Morgan fingerprint density at radius 2 is 0.969 bits per heavy atom. The average Bonchev–Trinajstić information content (AvgIpc) is 3.52. The van der Waals surface area contributed by atoms with Crippen LogP contribution in [0.2, 0.25) is 0 Å². The molecule has 32 heavy (non-hydrogen) atoms. The molecule has 0 aliphatic carbocycles. The molecule has 4 nitrogen and oxygen atoms in total. The summed E-state index contributed by atoms with van der Waals surface area (Å²) in [7, 11) is 0. The maximum absolute atomic E-state index is 4.87. The van der Waals surface area contributed by atoms with Gasteiger partial charge in [0.25, 0.3) is 0 Å². The second-order valence-electron chi connectivity index (χ2n) is 7.91. The molecule has 0 unspecified atom stereocenters. The largest absolute Gasteiger partial charge is 0.370 e. The monoisotopic (exact) mass is 454 g/mol. The molecule has 0 bridgehead atoms. The number of anilines is 2. The molecular weight excluding hydrogens is 432 g/mol. The number of hydrogen-bond acceptors (Lipinski definition) is 6. The summed E-state index contributed by atoms with van der Waals surface area (Å²) in [4.78, 5) is 9.74. The summed E-state index contributed by atoms with van der Waals surface area (Å²) in [5, 5.41) is 23.4. The van der Waals surface area contributed by atoms with Crippen molar-refractivity contribution in [3.8, 4) is 0 Å². The quantitative estimate of drug-likeness (QED) is 0.245. The minimum absolute atomic E-state index is 0.900. The Kier molecular flexibility index (Phi) is 5.09. The Morgan fingerprint density at radius 3 is 1.47 bits per heavy atom. The van der Waals surface area contributed by atoms with E-state index in [9.17, 15) is 0 Å². The zero-order chi connectivity index (χ0) is 21.3. The van der Waals surface area contributed by atoms with Crippen LogP contribution in [0.1, 0.15) is 12.8 Å². The first-order valence-corrected chi connectivity index (χ1v) is 12.7. The van der Waals surface area contributed by atoms with Crippen molar-refractivity contribution in [3.63, 3.8) is 0 Å². The van der Waals surface area contributed by atoms with Crippen LogP contribution in [0.25, 0.3) is 43.4 Å². The van der Waals surface area contributed by atoms with Gasteiger partial charge in [0.15, 0.2) is 0 Å². The summed E-state index contributed by atoms with van der Waals surface area (Å²) in [6.45, 7) is 1.80. The van der Waals surface area contributed by atoms with E-state index in [0.717, 1.165) is 48.6 Å². The van der Waals surface area contributed by atoms with Crippen LogP contribution in [-0.4, -0.2) is 23.1 Å². The molecule has 2 N–H and O–H groups in total. The predicted octanol–water partition coefficient (Wildman–Crippen LogP) is 7.52. The maximum Gasteiger partial charge on any atom is 0.135 e. The highest BCUT2D eigenvalue weighted by atomic mass is 32.1. The number of fused-ring (bicyclic) bond motifs is 6. The number of benzene rings is 2. The third-order valence-corrected chi connectivity index (χ3v) is 7.36. The molecule has 0 aliphatic heterocycles. The standard InChI is InChI=1S/C26H22N4S2/c1-3-9-23-17(7-1)19-13-31-15-21(19)25(29-23)27-11-5-6-12-28-26-22-16-32-14-20(22)18-8-2-4-10-24(18)30-26/h1-4,7-10,13-16H,5-6,11-12H2,(H,27,29)(H,28,30). The molecule has 0 radical (unpaired) electrons. The van der Waals surface area contributed by atoms with E-state index in [1.807, 2.05) is 12.1 Å². The van der Waals surface area contributed by atoms with Crippen LogP contribution in [-0.2, 0) is 0 Å². The third-order valence-electron chi connectivity index (χ3n) is 5.88. The first kappa shape index (κ1) is 19.5. The maximum atomic E-state index is 4.87. The fraction of sp³-hybridized carbons (Fsp3) is 0.154. The molecule has 0 atom stereocenters. The second-order valence-corrected chi connectivity index (χ2v) is 9.40. The molecule has 6 heteroatoms. The van der Waals surface area contributed by atoms with E-state index in [-0.39, 0.29) is 0 Å². The number of unbranched alkanes of at least 4 members (excludes halogenated alkanes) is 1. The van der Waals surface area contributed by atoms with Gasteiger partial charge in [0.05, 0.1) is 11.0 Å². The van der Waals surface area contributed by atoms with E-state index < -0.39 is 0 Å². The number of pyridine rings is 2. The number of hydrogen-bond donors (Lipinski definition) is 2. The number of nitrogens with one attached hydrogen (secondary N) is 2. The van der Waals surface area contributed by atoms with E-state index in [1.165, 1.54) is 32.3 Å². The summed E-state index contributed by atoms with van der Waals surface area (Å²) < 4.78 is 0. The van der Waals surface area contributed by atoms with Gasteiger partial charge in [0.1, 0.15) is 11.6 Å². The van der Waals surface area contributed by atoms with Crippen molar-refractivity contribution in [3.05, 3.63) is 70.1 Å². The molecule has 6 aromatic rings. The molecule has 0 spiro atoms. The molecule has 2 aromatic carbocycles. The highest BCUT2D eigenvalue weighted by molar-refractivity contribution is 7.09. The first-order chi connectivity index (χ1) is 15.9. The van der Waals surface area contributed by atoms with Crippen LogP contribution in [0.5, 0.6) is 0 Å². The van der Waals surface area contributed by atoms with Gasteiger partial charge < -0.3 is 10.6 Å². The van der Waals surface area contributed by atoms with Crippen molar-refractivity contribution < 1.29 is 0 Å². The molecule has 6 rings (SSSR count). The van der Waals surface area contributed by atoms with E-state index in [4.69, 9.17) is 9.97 Å². The molecule has 0 saturated heterocycles. The van der Waals surface area contributed by atoms with E-state index in [0.29, 0.717) is 0 Å². The summed E-state index contributed by atoms with van der Waals surface area (Å²) >= 11 is 3.47. The molecule has 0 aliphatic rings. The molecule has 4 aromatic heterocycles. The number of rotatable bonds is 7. The summed E-state index contributed by atoms with van der Waals surface area (Å²) in [6.07, 6.45) is 2.13. The number of nitrogens with zero attached hydrogens (tertiary/aromatic N) is 2. The third kappa shape index (κ3) is 3.45. The SMILES string of the molecule is c1ccc2c(c1)nc(NCCCCNc1nc3ccccc3c3cscc13)c1cscc12. The Balaban J connectivity index is 1.11. The van der Waals surface area contributed by atoms with Crippen LogP contribution in [0.4, 0.5) is 11.6 Å². The zero-order valence-corrected chi connectivity index (χ0v) is 19.1. The second kappa shape index (κ2) is 8.37. The van der Waals surface area contributed by atoms with Gasteiger partial charge in [-0.1, -0.05) is 36.4 Å². The van der Waals surface area contributed by atoms with Crippen LogP contribution < -0.4 is 10.6 Å². The summed E-state index contributed by atoms with van der Waals surface area (Å²) in [5.74, 6) is 1.98. The molecule has 4 heterocycles. The molecule has 0 fully saturated rings. The zero-order valence-electron chi connectivity index (χ0n) is 17.5. The summed E-state index contributed by atoms with van der Waals surface area (Å²) in [5.41, 5.74) is 2.09. The van der Waals surface area contributed by atoms with Crippen molar-refractivity contribution in [2.24, 2.45) is 0 Å². The summed E-state index contributed by atoms with van der Waals surface area (Å²) in [6, 6.07) is 16.7. The normalized spacial score (nSPS) is 11.6. The lowest BCUT2D eigenvalue weighted by Crippen LogP contribution is -2.08. The van der Waals surface area contributed by atoms with Gasteiger partial charge in [0, 0.05) is 56.2 Å².